The molecule has 0 aromatic heterocycles. The first kappa shape index (κ1) is 17.9. The first-order chi connectivity index (χ1) is 11.5. The van der Waals surface area contributed by atoms with Crippen LogP contribution in [0.4, 0.5) is 0 Å². The van der Waals surface area contributed by atoms with Crippen LogP contribution in [-0.4, -0.2) is 26.7 Å². The van der Waals surface area contributed by atoms with Crippen LogP contribution in [0.3, 0.4) is 0 Å². The first-order valence-corrected chi connectivity index (χ1v) is 7.78. The van der Waals surface area contributed by atoms with Crippen LogP contribution >= 0.6 is 11.6 Å². The number of benzene rings is 2. The predicted octanol–water partition coefficient (Wildman–Crippen LogP) is 3.36. The fraction of sp³-hybridized carbons (Fsp3) is 0.278. The lowest BCUT2D eigenvalue weighted by Crippen LogP contribution is -2.28. The number of nitrogens with one attached hydrogen (secondary N) is 1. The lowest BCUT2D eigenvalue weighted by atomic mass is 10.2. The highest BCUT2D eigenvalue weighted by molar-refractivity contribution is 6.31. The summed E-state index contributed by atoms with van der Waals surface area (Å²) in [5.41, 5.74) is 1.82. The van der Waals surface area contributed by atoms with E-state index < -0.39 is 0 Å². The molecule has 0 spiro atoms. The Kier molecular flexibility index (Phi) is 6.32. The van der Waals surface area contributed by atoms with Crippen molar-refractivity contribution in [3.63, 3.8) is 0 Å². The molecule has 0 heterocycles. The molecule has 2 aromatic carbocycles. The van der Waals surface area contributed by atoms with E-state index in [1.54, 1.807) is 20.3 Å². The minimum Gasteiger partial charge on any atom is -0.493 e. The van der Waals surface area contributed by atoms with Crippen LogP contribution in [0.1, 0.15) is 11.1 Å². The fourth-order valence-corrected chi connectivity index (χ4v) is 2.38. The highest BCUT2D eigenvalue weighted by Crippen LogP contribution is 2.38. The summed E-state index contributed by atoms with van der Waals surface area (Å²) in [5.74, 6) is 1.18. The van der Waals surface area contributed by atoms with Crippen molar-refractivity contribution in [2.24, 2.45) is 0 Å². The van der Waals surface area contributed by atoms with Gasteiger partial charge in [0.15, 0.2) is 18.1 Å². The molecule has 0 saturated carbocycles. The lowest BCUT2D eigenvalue weighted by Gasteiger charge is -2.15. The third-order valence-corrected chi connectivity index (χ3v) is 3.76. The Morgan fingerprint density at radius 1 is 1.12 bits per heavy atom. The molecule has 2 aromatic rings. The first-order valence-electron chi connectivity index (χ1n) is 7.40. The van der Waals surface area contributed by atoms with Crippen LogP contribution < -0.4 is 19.5 Å². The Balaban J connectivity index is 1.98. The summed E-state index contributed by atoms with van der Waals surface area (Å²) in [4.78, 5) is 12.0. The summed E-state index contributed by atoms with van der Waals surface area (Å²) in [6.07, 6.45) is 0. The van der Waals surface area contributed by atoms with Crippen molar-refractivity contribution >= 4 is 17.5 Å². The summed E-state index contributed by atoms with van der Waals surface area (Å²) >= 11 is 6.06. The van der Waals surface area contributed by atoms with Gasteiger partial charge in [0.05, 0.1) is 14.2 Å². The van der Waals surface area contributed by atoms with Crippen LogP contribution in [0.5, 0.6) is 17.2 Å². The zero-order chi connectivity index (χ0) is 17.5. The van der Waals surface area contributed by atoms with Crippen LogP contribution in [0, 0.1) is 6.92 Å². The number of halogens is 1. The second-order valence-electron chi connectivity index (χ2n) is 5.16. The van der Waals surface area contributed by atoms with E-state index in [0.29, 0.717) is 28.8 Å². The quantitative estimate of drug-likeness (QED) is 0.832. The summed E-state index contributed by atoms with van der Waals surface area (Å²) in [6, 6.07) is 11.0. The van der Waals surface area contributed by atoms with Gasteiger partial charge in [-0.15, -0.1) is 0 Å². The van der Waals surface area contributed by atoms with E-state index in [-0.39, 0.29) is 12.5 Å². The molecule has 24 heavy (non-hydrogen) atoms. The largest absolute Gasteiger partial charge is 0.493 e. The second kappa shape index (κ2) is 8.45. The number of hydrogen-bond donors (Lipinski definition) is 1. The molecule has 1 amide bonds. The molecule has 0 aliphatic carbocycles. The van der Waals surface area contributed by atoms with E-state index in [2.05, 4.69) is 5.32 Å². The molecule has 0 aliphatic rings. The Morgan fingerprint density at radius 2 is 1.75 bits per heavy atom. The van der Waals surface area contributed by atoms with E-state index in [4.69, 9.17) is 25.8 Å². The average Bonchev–Trinajstić information content (AvgIpc) is 2.59. The second-order valence-corrected chi connectivity index (χ2v) is 5.56. The van der Waals surface area contributed by atoms with Crippen molar-refractivity contribution in [3.8, 4) is 17.2 Å². The molecule has 0 saturated heterocycles. The Morgan fingerprint density at radius 3 is 2.33 bits per heavy atom. The van der Waals surface area contributed by atoms with Gasteiger partial charge in [-0.1, -0.05) is 29.8 Å². The molecule has 0 radical (unpaired) electrons. The number of hydrogen-bond acceptors (Lipinski definition) is 4. The standard InChI is InChI=1S/C18H20ClNO4/c1-12-8-15(22-2)18(16(9-12)23-3)24-11-17(21)20-10-13-6-4-5-7-14(13)19/h4-9H,10-11H2,1-3H3,(H,20,21). The van der Waals surface area contributed by atoms with Gasteiger partial charge < -0.3 is 19.5 Å². The molecule has 0 bridgehead atoms. The van der Waals surface area contributed by atoms with Gasteiger partial charge in [-0.05, 0) is 36.2 Å². The normalized spacial score (nSPS) is 10.2. The maximum atomic E-state index is 12.0. The Bertz CT molecular complexity index is 693. The number of ether oxygens (including phenoxy) is 3. The van der Waals surface area contributed by atoms with Crippen molar-refractivity contribution in [1.29, 1.82) is 0 Å². The third kappa shape index (κ3) is 4.55. The van der Waals surface area contributed by atoms with Crippen LogP contribution in [0.15, 0.2) is 36.4 Å². The number of methoxy groups -OCH3 is 2. The van der Waals surface area contributed by atoms with Crippen molar-refractivity contribution in [3.05, 3.63) is 52.5 Å². The summed E-state index contributed by atoms with van der Waals surface area (Å²) in [5, 5.41) is 3.38. The zero-order valence-electron chi connectivity index (χ0n) is 13.9. The third-order valence-electron chi connectivity index (χ3n) is 3.39. The zero-order valence-corrected chi connectivity index (χ0v) is 14.6. The molecular formula is C18H20ClNO4. The van der Waals surface area contributed by atoms with Gasteiger partial charge in [-0.2, -0.15) is 0 Å². The molecule has 0 atom stereocenters. The minimum atomic E-state index is -0.264. The van der Waals surface area contributed by atoms with E-state index in [9.17, 15) is 4.79 Å². The van der Waals surface area contributed by atoms with Gasteiger partial charge in [0.2, 0.25) is 5.75 Å². The minimum absolute atomic E-state index is 0.153. The molecule has 0 unspecified atom stereocenters. The van der Waals surface area contributed by atoms with Gasteiger partial charge in [0.25, 0.3) is 5.91 Å². The number of carbonyl (C=O) groups is 1. The van der Waals surface area contributed by atoms with Gasteiger partial charge >= 0.3 is 0 Å². The van der Waals surface area contributed by atoms with Gasteiger partial charge in [0, 0.05) is 11.6 Å². The predicted molar refractivity (Wildman–Crippen MR) is 93.1 cm³/mol. The molecule has 5 nitrogen and oxygen atoms in total. The van der Waals surface area contributed by atoms with E-state index in [1.807, 2.05) is 37.3 Å². The summed E-state index contributed by atoms with van der Waals surface area (Å²) < 4.78 is 16.2. The smallest absolute Gasteiger partial charge is 0.258 e. The van der Waals surface area contributed by atoms with Crippen LogP contribution in [0.2, 0.25) is 5.02 Å². The van der Waals surface area contributed by atoms with Crippen molar-refractivity contribution < 1.29 is 19.0 Å². The summed E-state index contributed by atoms with van der Waals surface area (Å²) in [7, 11) is 3.08. The monoisotopic (exact) mass is 349 g/mol. The number of amides is 1. The van der Waals surface area contributed by atoms with Gasteiger partial charge in [0.1, 0.15) is 0 Å². The Labute approximate surface area is 146 Å². The van der Waals surface area contributed by atoms with Gasteiger partial charge in [-0.25, -0.2) is 0 Å². The Hall–Kier alpha value is -2.40. The molecule has 0 aliphatic heterocycles. The number of aryl methyl sites for hydroxylation is 1. The van der Waals surface area contributed by atoms with E-state index in [0.717, 1.165) is 11.1 Å². The maximum Gasteiger partial charge on any atom is 0.258 e. The van der Waals surface area contributed by atoms with E-state index in [1.165, 1.54) is 0 Å². The van der Waals surface area contributed by atoms with Crippen molar-refractivity contribution in [2.75, 3.05) is 20.8 Å². The van der Waals surface area contributed by atoms with E-state index >= 15 is 0 Å². The highest BCUT2D eigenvalue weighted by Gasteiger charge is 2.14. The van der Waals surface area contributed by atoms with Gasteiger partial charge in [-0.3, -0.25) is 4.79 Å². The molecule has 1 N–H and O–H groups in total. The van der Waals surface area contributed by atoms with Crippen molar-refractivity contribution in [1.82, 2.24) is 5.32 Å². The maximum absolute atomic E-state index is 12.0. The topological polar surface area (TPSA) is 56.8 Å². The average molecular weight is 350 g/mol. The number of carbonyl (C=O) groups excluding carboxylic acids is 1. The SMILES string of the molecule is COc1cc(C)cc(OC)c1OCC(=O)NCc1ccccc1Cl. The molecule has 0 fully saturated rings. The highest BCUT2D eigenvalue weighted by atomic mass is 35.5. The molecular weight excluding hydrogens is 330 g/mol. The lowest BCUT2D eigenvalue weighted by molar-refractivity contribution is -0.123. The molecule has 128 valence electrons. The van der Waals surface area contributed by atoms with Crippen LogP contribution in [-0.2, 0) is 11.3 Å². The molecule has 2 rings (SSSR count). The van der Waals surface area contributed by atoms with Crippen LogP contribution in [0.25, 0.3) is 0 Å². The van der Waals surface area contributed by atoms with Crippen molar-refractivity contribution in [2.45, 2.75) is 13.5 Å². The summed E-state index contributed by atoms with van der Waals surface area (Å²) in [6.45, 7) is 2.11. The number of rotatable bonds is 7. The fourth-order valence-electron chi connectivity index (χ4n) is 2.18. The molecule has 6 heteroatoms.